The van der Waals surface area contributed by atoms with Crippen molar-refractivity contribution in [2.45, 2.75) is 0 Å². The number of hydrogen-bond acceptors (Lipinski definition) is 4. The molecule has 12 heavy (non-hydrogen) atoms. The fraction of sp³-hybridized carbons (Fsp3) is 0.333. The number of rotatable bonds is 2. The average molecular weight is 176 g/mol. The standard InChI is InChI=1S/C6H6F2N2O2/c1-11-4-3(7)5(12-2)10-6(8)9-4/h1-2H3. The number of aromatic nitrogens is 2. The Morgan fingerprint density at radius 1 is 1.00 bits per heavy atom. The Bertz CT molecular complexity index is 268. The zero-order chi connectivity index (χ0) is 9.14. The first-order valence-corrected chi connectivity index (χ1v) is 3.00. The highest BCUT2D eigenvalue weighted by atomic mass is 19.1. The highest BCUT2D eigenvalue weighted by Gasteiger charge is 2.14. The van der Waals surface area contributed by atoms with Crippen molar-refractivity contribution < 1.29 is 18.3 Å². The molecule has 0 saturated carbocycles. The van der Waals surface area contributed by atoms with Crippen LogP contribution in [0, 0.1) is 11.9 Å². The molecule has 0 aliphatic carbocycles. The summed E-state index contributed by atoms with van der Waals surface area (Å²) in [4.78, 5) is 6.09. The van der Waals surface area contributed by atoms with Gasteiger partial charge < -0.3 is 9.47 Å². The van der Waals surface area contributed by atoms with Crippen molar-refractivity contribution in [3.8, 4) is 11.8 Å². The summed E-state index contributed by atoms with van der Waals surface area (Å²) in [5.41, 5.74) is 0. The van der Waals surface area contributed by atoms with Crippen LogP contribution in [0.25, 0.3) is 0 Å². The number of nitrogens with zero attached hydrogens (tertiary/aromatic N) is 2. The van der Waals surface area contributed by atoms with Gasteiger partial charge in [0, 0.05) is 0 Å². The largest absolute Gasteiger partial charge is 0.479 e. The predicted molar refractivity (Wildman–Crippen MR) is 35.1 cm³/mol. The first kappa shape index (κ1) is 8.63. The molecule has 0 aromatic carbocycles. The SMILES string of the molecule is COc1nc(F)nc(OC)c1F. The van der Waals surface area contributed by atoms with Crippen LogP contribution in [0.2, 0.25) is 0 Å². The Kier molecular flexibility index (Phi) is 2.37. The molecule has 0 fully saturated rings. The van der Waals surface area contributed by atoms with Crippen molar-refractivity contribution in [2.24, 2.45) is 0 Å². The second-order valence-electron chi connectivity index (χ2n) is 1.83. The molecule has 0 aliphatic heterocycles. The lowest BCUT2D eigenvalue weighted by Gasteiger charge is -2.03. The van der Waals surface area contributed by atoms with E-state index < -0.39 is 23.7 Å². The molecule has 1 aromatic heterocycles. The molecule has 4 nitrogen and oxygen atoms in total. The quantitative estimate of drug-likeness (QED) is 0.624. The minimum Gasteiger partial charge on any atom is -0.479 e. The summed E-state index contributed by atoms with van der Waals surface area (Å²) in [6.07, 6.45) is -1.09. The zero-order valence-electron chi connectivity index (χ0n) is 6.47. The molecule has 0 spiro atoms. The molecule has 0 N–H and O–H groups in total. The van der Waals surface area contributed by atoms with E-state index in [0.29, 0.717) is 0 Å². The molecule has 1 heterocycles. The molecule has 1 aromatic rings. The molecule has 0 atom stereocenters. The Morgan fingerprint density at radius 3 is 1.75 bits per heavy atom. The summed E-state index contributed by atoms with van der Waals surface area (Å²) in [5.74, 6) is -1.86. The Morgan fingerprint density at radius 2 is 1.42 bits per heavy atom. The summed E-state index contributed by atoms with van der Waals surface area (Å²) in [6.45, 7) is 0. The lowest BCUT2D eigenvalue weighted by molar-refractivity contribution is 0.310. The van der Waals surface area contributed by atoms with Crippen molar-refractivity contribution in [1.82, 2.24) is 9.97 Å². The Balaban J connectivity index is 3.22. The zero-order valence-corrected chi connectivity index (χ0v) is 6.47. The van der Waals surface area contributed by atoms with Gasteiger partial charge in [-0.2, -0.15) is 18.7 Å². The van der Waals surface area contributed by atoms with Crippen molar-refractivity contribution in [2.75, 3.05) is 14.2 Å². The molecular formula is C6H6F2N2O2. The van der Waals surface area contributed by atoms with E-state index in [2.05, 4.69) is 19.4 Å². The van der Waals surface area contributed by atoms with Crippen LogP contribution in [0.3, 0.4) is 0 Å². The fourth-order valence-corrected chi connectivity index (χ4v) is 0.653. The van der Waals surface area contributed by atoms with Gasteiger partial charge in [-0.15, -0.1) is 0 Å². The van der Waals surface area contributed by atoms with Crippen LogP contribution < -0.4 is 9.47 Å². The van der Waals surface area contributed by atoms with Crippen LogP contribution in [0.15, 0.2) is 0 Å². The van der Waals surface area contributed by atoms with Crippen LogP contribution in [0.5, 0.6) is 11.8 Å². The highest BCUT2D eigenvalue weighted by Crippen LogP contribution is 2.21. The van der Waals surface area contributed by atoms with Crippen LogP contribution in [-0.2, 0) is 0 Å². The average Bonchev–Trinajstić information content (AvgIpc) is 2.08. The maximum absolute atomic E-state index is 12.9. The number of ether oxygens (including phenoxy) is 2. The van der Waals surface area contributed by atoms with E-state index in [4.69, 9.17) is 0 Å². The van der Waals surface area contributed by atoms with E-state index >= 15 is 0 Å². The molecule has 0 bridgehead atoms. The number of halogens is 2. The van der Waals surface area contributed by atoms with Crippen molar-refractivity contribution in [3.63, 3.8) is 0 Å². The van der Waals surface area contributed by atoms with Gasteiger partial charge in [-0.3, -0.25) is 0 Å². The van der Waals surface area contributed by atoms with Gasteiger partial charge in [-0.05, 0) is 0 Å². The third kappa shape index (κ3) is 1.41. The van der Waals surface area contributed by atoms with E-state index in [0.717, 1.165) is 0 Å². The molecule has 0 unspecified atom stereocenters. The normalized spacial score (nSPS) is 9.67. The molecule has 0 amide bonds. The summed E-state index contributed by atoms with van der Waals surface area (Å²) in [6, 6.07) is 0. The van der Waals surface area contributed by atoms with Gasteiger partial charge in [-0.1, -0.05) is 0 Å². The van der Waals surface area contributed by atoms with Gasteiger partial charge in [0.15, 0.2) is 0 Å². The first-order chi connectivity index (χ1) is 5.69. The van der Waals surface area contributed by atoms with Crippen LogP contribution in [0.4, 0.5) is 8.78 Å². The van der Waals surface area contributed by atoms with Gasteiger partial charge in [0.25, 0.3) is 11.8 Å². The highest BCUT2D eigenvalue weighted by molar-refractivity contribution is 5.21. The van der Waals surface area contributed by atoms with E-state index in [1.807, 2.05) is 0 Å². The minimum absolute atomic E-state index is 0.473. The third-order valence-electron chi connectivity index (χ3n) is 1.15. The van der Waals surface area contributed by atoms with E-state index in [9.17, 15) is 8.78 Å². The summed E-state index contributed by atoms with van der Waals surface area (Å²) in [7, 11) is 2.34. The van der Waals surface area contributed by atoms with Crippen LogP contribution in [0.1, 0.15) is 0 Å². The summed E-state index contributed by atoms with van der Waals surface area (Å²) in [5, 5.41) is 0. The molecule has 66 valence electrons. The Labute approximate surface area is 67.2 Å². The fourth-order valence-electron chi connectivity index (χ4n) is 0.653. The monoisotopic (exact) mass is 176 g/mol. The van der Waals surface area contributed by atoms with Crippen molar-refractivity contribution in [1.29, 1.82) is 0 Å². The van der Waals surface area contributed by atoms with Crippen LogP contribution in [-0.4, -0.2) is 24.2 Å². The number of methoxy groups -OCH3 is 2. The molecule has 0 radical (unpaired) electrons. The molecule has 0 saturated heterocycles. The van der Waals surface area contributed by atoms with Crippen LogP contribution >= 0.6 is 0 Å². The molecule has 1 rings (SSSR count). The smallest absolute Gasteiger partial charge is 0.315 e. The van der Waals surface area contributed by atoms with Gasteiger partial charge >= 0.3 is 6.08 Å². The topological polar surface area (TPSA) is 44.2 Å². The van der Waals surface area contributed by atoms with E-state index in [1.54, 1.807) is 0 Å². The van der Waals surface area contributed by atoms with Gasteiger partial charge in [-0.25, -0.2) is 0 Å². The van der Waals surface area contributed by atoms with Gasteiger partial charge in [0.2, 0.25) is 5.82 Å². The summed E-state index contributed by atoms with van der Waals surface area (Å²) >= 11 is 0. The summed E-state index contributed by atoms with van der Waals surface area (Å²) < 4.78 is 34.2. The maximum Gasteiger partial charge on any atom is 0.315 e. The lowest BCUT2D eigenvalue weighted by Crippen LogP contribution is -2.02. The predicted octanol–water partition coefficient (Wildman–Crippen LogP) is 0.772. The van der Waals surface area contributed by atoms with Crippen molar-refractivity contribution in [3.05, 3.63) is 11.9 Å². The lowest BCUT2D eigenvalue weighted by atomic mass is 10.5. The molecule has 0 aliphatic rings. The third-order valence-corrected chi connectivity index (χ3v) is 1.15. The molecular weight excluding hydrogens is 170 g/mol. The van der Waals surface area contributed by atoms with Gasteiger partial charge in [0.1, 0.15) is 0 Å². The van der Waals surface area contributed by atoms with E-state index in [-0.39, 0.29) is 0 Å². The van der Waals surface area contributed by atoms with Crippen molar-refractivity contribution >= 4 is 0 Å². The maximum atomic E-state index is 12.9. The molecule has 6 heteroatoms. The number of hydrogen-bond donors (Lipinski definition) is 0. The van der Waals surface area contributed by atoms with Gasteiger partial charge in [0.05, 0.1) is 14.2 Å². The second kappa shape index (κ2) is 3.29. The van der Waals surface area contributed by atoms with E-state index in [1.165, 1.54) is 14.2 Å². The first-order valence-electron chi connectivity index (χ1n) is 3.00. The Hall–Kier alpha value is -1.46. The second-order valence-corrected chi connectivity index (χ2v) is 1.83. The minimum atomic E-state index is -1.09.